The van der Waals surface area contributed by atoms with E-state index < -0.39 is 0 Å². The van der Waals surface area contributed by atoms with Gasteiger partial charge in [0, 0.05) is 12.1 Å². The minimum Gasteiger partial charge on any atom is -0.383 e. The van der Waals surface area contributed by atoms with Gasteiger partial charge in [0.1, 0.15) is 5.82 Å². The van der Waals surface area contributed by atoms with E-state index in [4.69, 9.17) is 5.73 Å². The Labute approximate surface area is 128 Å². The van der Waals surface area contributed by atoms with E-state index in [1.807, 2.05) is 0 Å². The van der Waals surface area contributed by atoms with Crippen LogP contribution in [0.3, 0.4) is 0 Å². The van der Waals surface area contributed by atoms with Crippen LogP contribution < -0.4 is 16.6 Å². The van der Waals surface area contributed by atoms with Gasteiger partial charge in [0.05, 0.1) is 5.75 Å². The monoisotopic (exact) mass is 310 g/mol. The van der Waals surface area contributed by atoms with Gasteiger partial charge in [-0.05, 0) is 18.3 Å². The van der Waals surface area contributed by atoms with Crippen LogP contribution in [0.25, 0.3) is 0 Å². The number of thioether (sulfide) groups is 1. The number of hydrogen-bond donors (Lipinski definition) is 3. The maximum Gasteiger partial charge on any atom is 0.253 e. The van der Waals surface area contributed by atoms with Gasteiger partial charge in [-0.1, -0.05) is 38.5 Å². The number of nitrogens with one attached hydrogen (secondary N) is 2. The molecule has 1 aliphatic rings. The maximum absolute atomic E-state index is 12.0. The van der Waals surface area contributed by atoms with E-state index >= 15 is 0 Å². The summed E-state index contributed by atoms with van der Waals surface area (Å²) >= 11 is 1.19. The van der Waals surface area contributed by atoms with Crippen molar-refractivity contribution >= 4 is 23.5 Å². The lowest BCUT2D eigenvalue weighted by Crippen LogP contribution is -2.44. The molecule has 0 radical (unpaired) electrons. The summed E-state index contributed by atoms with van der Waals surface area (Å²) < 4.78 is 0. The predicted octanol–water partition coefficient (Wildman–Crippen LogP) is 1.39. The van der Waals surface area contributed by atoms with Crippen LogP contribution in [0.4, 0.5) is 5.82 Å². The molecule has 0 aliphatic heterocycles. The van der Waals surface area contributed by atoms with Crippen LogP contribution in [0, 0.1) is 11.8 Å². The smallest absolute Gasteiger partial charge is 0.253 e. The molecule has 0 saturated heterocycles. The lowest BCUT2D eigenvalue weighted by Gasteiger charge is -2.34. The third kappa shape index (κ3) is 4.49. The van der Waals surface area contributed by atoms with Gasteiger partial charge in [-0.2, -0.15) is 0 Å². The molecule has 4 N–H and O–H groups in total. The van der Waals surface area contributed by atoms with Crippen LogP contribution in [0.2, 0.25) is 0 Å². The fraction of sp³-hybridized carbons (Fsp3) is 0.643. The molecule has 1 amide bonds. The average Bonchev–Trinajstić information content (AvgIpc) is 2.41. The lowest BCUT2D eigenvalue weighted by molar-refractivity contribution is -0.120. The number of nitrogens with zero attached hydrogens (tertiary/aromatic N) is 1. The van der Waals surface area contributed by atoms with Gasteiger partial charge in [0.2, 0.25) is 5.91 Å². The summed E-state index contributed by atoms with van der Waals surface area (Å²) in [7, 11) is 0. The molecule has 1 aromatic heterocycles. The summed E-state index contributed by atoms with van der Waals surface area (Å²) in [5, 5.41) is 3.46. The third-order valence-electron chi connectivity index (χ3n) is 4.13. The Morgan fingerprint density at radius 1 is 1.52 bits per heavy atom. The predicted molar refractivity (Wildman–Crippen MR) is 84.1 cm³/mol. The zero-order chi connectivity index (χ0) is 15.4. The van der Waals surface area contributed by atoms with Crippen molar-refractivity contribution in [1.82, 2.24) is 15.3 Å². The molecule has 1 aromatic rings. The number of H-pyrrole nitrogens is 1. The highest BCUT2D eigenvalue weighted by Crippen LogP contribution is 2.29. The molecule has 7 heteroatoms. The summed E-state index contributed by atoms with van der Waals surface area (Å²) in [5.74, 6) is 1.50. The van der Waals surface area contributed by atoms with E-state index in [2.05, 4.69) is 29.1 Å². The first-order chi connectivity index (χ1) is 9.95. The Balaban J connectivity index is 1.86. The molecule has 3 atom stereocenters. The van der Waals surface area contributed by atoms with Crippen molar-refractivity contribution in [1.29, 1.82) is 0 Å². The Morgan fingerprint density at radius 2 is 2.29 bits per heavy atom. The van der Waals surface area contributed by atoms with Crippen molar-refractivity contribution in [3.8, 4) is 0 Å². The first-order valence-electron chi connectivity index (χ1n) is 7.24. The number of rotatable bonds is 4. The van der Waals surface area contributed by atoms with Crippen LogP contribution in [0.1, 0.15) is 33.1 Å². The summed E-state index contributed by atoms with van der Waals surface area (Å²) in [6, 6.07) is 1.46. The SMILES string of the molecule is C[C@H]1[C@H](C)CCC[C@@H]1NC(=O)CSc1nc(N)cc(=O)[nH]1. The van der Waals surface area contributed by atoms with Crippen molar-refractivity contribution in [3.63, 3.8) is 0 Å². The molecule has 116 valence electrons. The van der Waals surface area contributed by atoms with E-state index in [-0.39, 0.29) is 29.1 Å². The van der Waals surface area contributed by atoms with Crippen molar-refractivity contribution in [3.05, 3.63) is 16.4 Å². The summed E-state index contributed by atoms with van der Waals surface area (Å²) in [6.07, 6.45) is 3.43. The van der Waals surface area contributed by atoms with Crippen molar-refractivity contribution in [2.45, 2.75) is 44.3 Å². The number of aromatic nitrogens is 2. The molecule has 2 rings (SSSR count). The van der Waals surface area contributed by atoms with Gasteiger partial charge in [0.15, 0.2) is 5.16 Å². The molecule has 1 fully saturated rings. The number of carbonyl (C=O) groups is 1. The normalized spacial score (nSPS) is 25.5. The first kappa shape index (κ1) is 15.9. The fourth-order valence-corrected chi connectivity index (χ4v) is 3.38. The molecule has 1 heterocycles. The second kappa shape index (κ2) is 6.98. The second-order valence-electron chi connectivity index (χ2n) is 5.71. The minimum absolute atomic E-state index is 0.0315. The van der Waals surface area contributed by atoms with Gasteiger partial charge >= 0.3 is 0 Å². The van der Waals surface area contributed by atoms with E-state index in [9.17, 15) is 9.59 Å². The molecular weight excluding hydrogens is 288 g/mol. The summed E-state index contributed by atoms with van der Waals surface area (Å²) in [5.41, 5.74) is 5.20. The zero-order valence-electron chi connectivity index (χ0n) is 12.4. The van der Waals surface area contributed by atoms with Crippen LogP contribution in [-0.2, 0) is 4.79 Å². The van der Waals surface area contributed by atoms with E-state index in [1.54, 1.807) is 0 Å². The van der Waals surface area contributed by atoms with Crippen molar-refractivity contribution in [2.24, 2.45) is 11.8 Å². The number of aromatic amines is 1. The first-order valence-corrected chi connectivity index (χ1v) is 8.23. The van der Waals surface area contributed by atoms with Crippen LogP contribution >= 0.6 is 11.8 Å². The molecule has 1 saturated carbocycles. The van der Waals surface area contributed by atoms with Crippen molar-refractivity contribution in [2.75, 3.05) is 11.5 Å². The number of hydrogen-bond acceptors (Lipinski definition) is 5. The molecule has 0 bridgehead atoms. The van der Waals surface area contributed by atoms with Gasteiger partial charge in [-0.3, -0.25) is 9.59 Å². The maximum atomic E-state index is 12.0. The highest BCUT2D eigenvalue weighted by atomic mass is 32.2. The third-order valence-corrected chi connectivity index (χ3v) is 5.01. The van der Waals surface area contributed by atoms with Crippen LogP contribution in [0.15, 0.2) is 16.0 Å². The highest BCUT2D eigenvalue weighted by molar-refractivity contribution is 7.99. The highest BCUT2D eigenvalue weighted by Gasteiger charge is 2.27. The molecule has 21 heavy (non-hydrogen) atoms. The van der Waals surface area contributed by atoms with Gasteiger partial charge < -0.3 is 16.0 Å². The fourth-order valence-electron chi connectivity index (χ4n) is 2.69. The molecule has 0 aromatic carbocycles. The number of nitrogen functional groups attached to an aromatic ring is 1. The summed E-state index contributed by atoms with van der Waals surface area (Å²) in [6.45, 7) is 4.43. The van der Waals surface area contributed by atoms with E-state index in [0.717, 1.165) is 12.8 Å². The Kier molecular flexibility index (Phi) is 5.27. The average molecular weight is 310 g/mol. The molecule has 6 nitrogen and oxygen atoms in total. The molecule has 0 spiro atoms. The van der Waals surface area contributed by atoms with Crippen LogP contribution in [-0.4, -0.2) is 27.7 Å². The Hall–Kier alpha value is -1.50. The largest absolute Gasteiger partial charge is 0.383 e. The Morgan fingerprint density at radius 3 is 3.00 bits per heavy atom. The van der Waals surface area contributed by atoms with Gasteiger partial charge in [-0.15, -0.1) is 0 Å². The zero-order valence-corrected chi connectivity index (χ0v) is 13.2. The lowest BCUT2D eigenvalue weighted by atomic mass is 9.78. The van der Waals surface area contributed by atoms with E-state index in [1.165, 1.54) is 24.2 Å². The number of anilines is 1. The Bertz CT molecular complexity index is 560. The number of carbonyl (C=O) groups excluding carboxylic acids is 1. The standard InChI is InChI=1S/C14H22N4O2S/c1-8-4-3-5-10(9(8)2)16-13(20)7-21-14-17-11(15)6-12(19)18-14/h6,8-10H,3-5,7H2,1-2H3,(H,16,20)(H3,15,17,18,19)/t8-,9+,10+/m1/s1. The minimum atomic E-state index is -0.305. The molecular formula is C14H22N4O2S. The summed E-state index contributed by atoms with van der Waals surface area (Å²) in [4.78, 5) is 29.8. The molecule has 1 aliphatic carbocycles. The number of nitrogens with two attached hydrogens (primary N) is 1. The quantitative estimate of drug-likeness (QED) is 0.576. The van der Waals surface area contributed by atoms with Crippen LogP contribution in [0.5, 0.6) is 0 Å². The van der Waals surface area contributed by atoms with E-state index in [0.29, 0.717) is 17.0 Å². The second-order valence-corrected chi connectivity index (χ2v) is 6.67. The van der Waals surface area contributed by atoms with Crippen molar-refractivity contribution < 1.29 is 4.79 Å². The number of amides is 1. The van der Waals surface area contributed by atoms with Gasteiger partial charge in [-0.25, -0.2) is 4.98 Å². The molecule has 0 unspecified atom stereocenters. The van der Waals surface area contributed by atoms with Gasteiger partial charge in [0.25, 0.3) is 5.56 Å². The topological polar surface area (TPSA) is 101 Å².